The molecule has 130 valence electrons. The monoisotopic (exact) mass is 340 g/mol. The lowest BCUT2D eigenvalue weighted by Gasteiger charge is -2.24. The molecule has 1 amide bonds. The maximum absolute atomic E-state index is 12.2. The van der Waals surface area contributed by atoms with Gasteiger partial charge < -0.3 is 15.7 Å². The molecule has 1 aliphatic rings. The summed E-state index contributed by atoms with van der Waals surface area (Å²) in [6.45, 7) is 9.52. The maximum atomic E-state index is 12.2. The van der Waals surface area contributed by atoms with Gasteiger partial charge in [-0.1, -0.05) is 45.0 Å². The zero-order chi connectivity index (χ0) is 16.4. The summed E-state index contributed by atoms with van der Waals surface area (Å²) in [6, 6.07) is 7.96. The van der Waals surface area contributed by atoms with Crippen LogP contribution in [0, 0.1) is 0 Å². The van der Waals surface area contributed by atoms with Crippen molar-refractivity contribution in [1.29, 1.82) is 0 Å². The molecule has 4 nitrogen and oxygen atoms in total. The molecular formula is C18H29ClN2O2. The number of carbonyl (C=O) groups is 1. The molecule has 5 heteroatoms. The second-order valence-electron chi connectivity index (χ2n) is 7.46. The molecule has 1 fully saturated rings. The zero-order valence-electron chi connectivity index (χ0n) is 14.5. The Labute approximate surface area is 145 Å². The number of aliphatic hydroxyl groups excluding tert-OH is 1. The molecule has 2 atom stereocenters. The van der Waals surface area contributed by atoms with Crippen LogP contribution in [0.15, 0.2) is 24.3 Å². The number of rotatable bonds is 4. The predicted octanol–water partition coefficient (Wildman–Crippen LogP) is 2.70. The molecule has 1 saturated heterocycles. The number of hydrogen-bond donors (Lipinski definition) is 3. The van der Waals surface area contributed by atoms with Gasteiger partial charge in [0.2, 0.25) is 5.91 Å². The van der Waals surface area contributed by atoms with Gasteiger partial charge in [-0.15, -0.1) is 12.4 Å². The van der Waals surface area contributed by atoms with Crippen molar-refractivity contribution in [3.8, 4) is 0 Å². The van der Waals surface area contributed by atoms with E-state index in [-0.39, 0.29) is 30.3 Å². The summed E-state index contributed by atoms with van der Waals surface area (Å²) in [5.74, 6) is -0.0321. The average molecular weight is 341 g/mol. The first-order chi connectivity index (χ1) is 10.2. The van der Waals surface area contributed by atoms with E-state index in [9.17, 15) is 9.90 Å². The maximum Gasteiger partial charge on any atom is 0.240 e. The lowest BCUT2D eigenvalue weighted by Crippen LogP contribution is -2.51. The lowest BCUT2D eigenvalue weighted by molar-refractivity contribution is -0.127. The molecule has 23 heavy (non-hydrogen) atoms. The Morgan fingerprint density at radius 3 is 2.43 bits per heavy atom. The summed E-state index contributed by atoms with van der Waals surface area (Å²) in [7, 11) is 0. The fourth-order valence-corrected chi connectivity index (χ4v) is 2.80. The second kappa shape index (κ2) is 7.65. The summed E-state index contributed by atoms with van der Waals surface area (Å²) in [4.78, 5) is 12.2. The Morgan fingerprint density at radius 2 is 1.96 bits per heavy atom. The summed E-state index contributed by atoms with van der Waals surface area (Å²) in [5, 5.41) is 16.3. The van der Waals surface area contributed by atoms with Crippen molar-refractivity contribution in [2.45, 2.75) is 57.6 Å². The molecule has 2 rings (SSSR count). The van der Waals surface area contributed by atoms with Crippen molar-refractivity contribution in [2.75, 3.05) is 13.1 Å². The van der Waals surface area contributed by atoms with E-state index in [1.165, 1.54) is 5.56 Å². The topological polar surface area (TPSA) is 61.4 Å². The standard InChI is InChI=1S/C18H28N2O2.ClH/c1-17(2,3)14-8-6-13(7-9-14)15(21)12-19-16(22)18(4)10-5-11-20-18;/h6-9,15,20-21H,5,10-12H2,1-4H3,(H,19,22);1H. The van der Waals surface area contributed by atoms with Gasteiger partial charge in [0.25, 0.3) is 0 Å². The SMILES string of the molecule is CC1(C(=O)NCC(O)c2ccc(C(C)(C)C)cc2)CCCN1.Cl. The van der Waals surface area contributed by atoms with E-state index in [1.807, 2.05) is 31.2 Å². The van der Waals surface area contributed by atoms with Gasteiger partial charge >= 0.3 is 0 Å². The third kappa shape index (κ3) is 4.93. The number of nitrogens with one attached hydrogen (secondary N) is 2. The van der Waals surface area contributed by atoms with Crippen molar-refractivity contribution >= 4 is 18.3 Å². The van der Waals surface area contributed by atoms with E-state index >= 15 is 0 Å². The first-order valence-electron chi connectivity index (χ1n) is 8.04. The van der Waals surface area contributed by atoms with Crippen molar-refractivity contribution in [2.24, 2.45) is 0 Å². The zero-order valence-corrected chi connectivity index (χ0v) is 15.3. The third-order valence-electron chi connectivity index (χ3n) is 4.49. The molecule has 0 spiro atoms. The van der Waals surface area contributed by atoms with Crippen LogP contribution in [0.1, 0.15) is 57.8 Å². The van der Waals surface area contributed by atoms with E-state index in [2.05, 4.69) is 31.4 Å². The van der Waals surface area contributed by atoms with Crippen molar-refractivity contribution in [3.05, 3.63) is 35.4 Å². The molecule has 0 aromatic heterocycles. The fourth-order valence-electron chi connectivity index (χ4n) is 2.80. The van der Waals surface area contributed by atoms with Crippen molar-refractivity contribution in [1.82, 2.24) is 10.6 Å². The average Bonchev–Trinajstić information content (AvgIpc) is 2.91. The van der Waals surface area contributed by atoms with Crippen LogP contribution in [0.3, 0.4) is 0 Å². The molecule has 1 aromatic carbocycles. The van der Waals surface area contributed by atoms with Crippen LogP contribution in [0.25, 0.3) is 0 Å². The highest BCUT2D eigenvalue weighted by molar-refractivity contribution is 5.86. The number of amides is 1. The first kappa shape index (κ1) is 19.9. The van der Waals surface area contributed by atoms with Crippen LogP contribution in [-0.2, 0) is 10.2 Å². The summed E-state index contributed by atoms with van der Waals surface area (Å²) in [6.07, 6.45) is 1.18. The second-order valence-corrected chi connectivity index (χ2v) is 7.46. The normalized spacial score (nSPS) is 22.3. The Hall–Kier alpha value is -1.10. The summed E-state index contributed by atoms with van der Waals surface area (Å²) in [5.41, 5.74) is 1.67. The van der Waals surface area contributed by atoms with Crippen LogP contribution in [0.5, 0.6) is 0 Å². The van der Waals surface area contributed by atoms with Gasteiger partial charge in [-0.05, 0) is 42.9 Å². The third-order valence-corrected chi connectivity index (χ3v) is 4.49. The Balaban J connectivity index is 0.00000264. The molecule has 0 aliphatic carbocycles. The molecule has 0 radical (unpaired) electrons. The molecule has 2 unspecified atom stereocenters. The van der Waals surface area contributed by atoms with E-state index in [1.54, 1.807) is 0 Å². The van der Waals surface area contributed by atoms with Crippen LogP contribution in [-0.4, -0.2) is 29.6 Å². The van der Waals surface area contributed by atoms with Crippen LogP contribution in [0.2, 0.25) is 0 Å². The molecule has 1 heterocycles. The minimum Gasteiger partial charge on any atom is -0.387 e. The predicted molar refractivity (Wildman–Crippen MR) is 96.0 cm³/mol. The van der Waals surface area contributed by atoms with Gasteiger partial charge in [-0.2, -0.15) is 0 Å². The highest BCUT2D eigenvalue weighted by Crippen LogP contribution is 2.24. The fraction of sp³-hybridized carbons (Fsp3) is 0.611. The van der Waals surface area contributed by atoms with Gasteiger partial charge in [-0.3, -0.25) is 4.79 Å². The van der Waals surface area contributed by atoms with Crippen LogP contribution in [0.4, 0.5) is 0 Å². The number of hydrogen-bond acceptors (Lipinski definition) is 3. The van der Waals surface area contributed by atoms with Crippen molar-refractivity contribution < 1.29 is 9.90 Å². The molecule has 0 bridgehead atoms. The number of carbonyl (C=O) groups excluding carboxylic acids is 1. The largest absolute Gasteiger partial charge is 0.387 e. The van der Waals surface area contributed by atoms with E-state index in [0.717, 1.165) is 24.9 Å². The van der Waals surface area contributed by atoms with E-state index < -0.39 is 11.6 Å². The molecule has 1 aliphatic heterocycles. The number of benzene rings is 1. The van der Waals surface area contributed by atoms with Crippen LogP contribution >= 0.6 is 12.4 Å². The Morgan fingerprint density at radius 1 is 1.35 bits per heavy atom. The summed E-state index contributed by atoms with van der Waals surface area (Å²) < 4.78 is 0. The van der Waals surface area contributed by atoms with Crippen molar-refractivity contribution in [3.63, 3.8) is 0 Å². The molecule has 0 saturated carbocycles. The van der Waals surface area contributed by atoms with Gasteiger partial charge in [-0.25, -0.2) is 0 Å². The highest BCUT2D eigenvalue weighted by atomic mass is 35.5. The molecule has 3 N–H and O–H groups in total. The Kier molecular flexibility index (Phi) is 6.63. The van der Waals surface area contributed by atoms with E-state index in [0.29, 0.717) is 0 Å². The highest BCUT2D eigenvalue weighted by Gasteiger charge is 2.35. The number of aliphatic hydroxyl groups is 1. The minimum atomic E-state index is -0.678. The summed E-state index contributed by atoms with van der Waals surface area (Å²) >= 11 is 0. The first-order valence-corrected chi connectivity index (χ1v) is 8.04. The van der Waals surface area contributed by atoms with Crippen LogP contribution < -0.4 is 10.6 Å². The Bertz CT molecular complexity index is 517. The number of halogens is 1. The quantitative estimate of drug-likeness (QED) is 0.789. The lowest BCUT2D eigenvalue weighted by atomic mass is 9.86. The van der Waals surface area contributed by atoms with Gasteiger partial charge in [0, 0.05) is 6.54 Å². The van der Waals surface area contributed by atoms with Gasteiger partial charge in [0.05, 0.1) is 11.6 Å². The minimum absolute atomic E-state index is 0. The van der Waals surface area contributed by atoms with Gasteiger partial charge in [0.1, 0.15) is 0 Å². The molecule has 1 aromatic rings. The molecular weight excluding hydrogens is 312 g/mol. The van der Waals surface area contributed by atoms with Gasteiger partial charge in [0.15, 0.2) is 0 Å². The van der Waals surface area contributed by atoms with E-state index in [4.69, 9.17) is 0 Å². The smallest absolute Gasteiger partial charge is 0.240 e.